The van der Waals surface area contributed by atoms with Gasteiger partial charge in [0.05, 0.1) is 10.7 Å². The fraction of sp³-hybridized carbons (Fsp3) is 0.308. The molecule has 2 N–H and O–H groups in total. The van der Waals surface area contributed by atoms with Crippen LogP contribution in [0.1, 0.15) is 30.3 Å². The van der Waals surface area contributed by atoms with E-state index < -0.39 is 0 Å². The zero-order valence-electron chi connectivity index (χ0n) is 10.2. The van der Waals surface area contributed by atoms with E-state index in [0.29, 0.717) is 17.5 Å². The van der Waals surface area contributed by atoms with E-state index in [2.05, 4.69) is 18.8 Å². The fourth-order valence-corrected chi connectivity index (χ4v) is 3.19. The number of hydrogen-bond donors (Lipinski definition) is 1. The predicted molar refractivity (Wildman–Crippen MR) is 74.5 cm³/mol. The molecule has 0 aliphatic heterocycles. The molecule has 96 valence electrons. The summed E-state index contributed by atoms with van der Waals surface area (Å²) in [5.41, 5.74) is 7.47. The second-order valence-electron chi connectivity index (χ2n) is 4.31. The summed E-state index contributed by atoms with van der Waals surface area (Å²) in [6, 6.07) is 4.34. The zero-order chi connectivity index (χ0) is 13.3. The first kappa shape index (κ1) is 13.5. The van der Waals surface area contributed by atoms with Crippen LogP contribution in [0.15, 0.2) is 18.2 Å². The van der Waals surface area contributed by atoms with E-state index >= 15 is 0 Å². The van der Waals surface area contributed by atoms with E-state index in [0.717, 1.165) is 21.1 Å². The van der Waals surface area contributed by atoms with Gasteiger partial charge in [-0.25, -0.2) is 9.37 Å². The molecule has 0 bridgehead atoms. The van der Waals surface area contributed by atoms with Gasteiger partial charge < -0.3 is 5.73 Å². The van der Waals surface area contributed by atoms with Gasteiger partial charge in [0.2, 0.25) is 0 Å². The minimum Gasteiger partial charge on any atom is -0.326 e. The van der Waals surface area contributed by atoms with Gasteiger partial charge in [0.25, 0.3) is 0 Å². The Morgan fingerprint density at radius 3 is 2.67 bits per heavy atom. The highest BCUT2D eigenvalue weighted by molar-refractivity contribution is 7.15. The molecule has 0 fully saturated rings. The molecule has 2 aromatic rings. The van der Waals surface area contributed by atoms with Crippen LogP contribution in [0.3, 0.4) is 0 Å². The van der Waals surface area contributed by atoms with Crippen LogP contribution < -0.4 is 5.73 Å². The molecule has 0 saturated carbocycles. The van der Waals surface area contributed by atoms with E-state index in [4.69, 9.17) is 17.3 Å². The smallest absolute Gasteiger partial charge is 0.125 e. The first-order valence-corrected chi connectivity index (χ1v) is 6.87. The first-order chi connectivity index (χ1) is 8.52. The maximum absolute atomic E-state index is 13.0. The number of nitrogens with zero attached hydrogens (tertiary/aromatic N) is 1. The molecule has 0 spiro atoms. The lowest BCUT2D eigenvalue weighted by atomic mass is 10.1. The molecular weight excluding hydrogens is 271 g/mol. The molecule has 5 heteroatoms. The number of halogens is 2. The van der Waals surface area contributed by atoms with Crippen LogP contribution in [0.4, 0.5) is 4.39 Å². The van der Waals surface area contributed by atoms with Gasteiger partial charge in [0.1, 0.15) is 10.8 Å². The predicted octanol–water partition coefficient (Wildman–Crippen LogP) is 4.18. The van der Waals surface area contributed by atoms with Crippen molar-refractivity contribution in [3.05, 3.63) is 39.6 Å². The molecule has 2 nitrogen and oxygen atoms in total. The topological polar surface area (TPSA) is 38.9 Å². The van der Waals surface area contributed by atoms with Gasteiger partial charge in [-0.2, -0.15) is 0 Å². The van der Waals surface area contributed by atoms with Crippen molar-refractivity contribution in [3.8, 4) is 10.6 Å². The molecule has 1 aromatic heterocycles. The van der Waals surface area contributed by atoms with Crippen molar-refractivity contribution in [1.29, 1.82) is 0 Å². The average molecular weight is 285 g/mol. The summed E-state index contributed by atoms with van der Waals surface area (Å²) in [6.45, 7) is 4.61. The summed E-state index contributed by atoms with van der Waals surface area (Å²) in [4.78, 5) is 5.63. The Balaban J connectivity index is 2.51. The van der Waals surface area contributed by atoms with Gasteiger partial charge in [0.15, 0.2) is 0 Å². The van der Waals surface area contributed by atoms with E-state index in [1.807, 2.05) is 0 Å². The second-order valence-corrected chi connectivity index (χ2v) is 5.80. The number of nitrogens with two attached hydrogens (primary N) is 1. The molecule has 0 atom stereocenters. The molecule has 0 amide bonds. The lowest BCUT2D eigenvalue weighted by Gasteiger charge is -2.02. The molecule has 0 aliphatic carbocycles. The maximum atomic E-state index is 13.0. The number of benzene rings is 1. The molecule has 1 heterocycles. The highest BCUT2D eigenvalue weighted by atomic mass is 35.5. The SMILES string of the molecule is CC(C)c1nc(-c2ccc(F)cc2Cl)sc1CN. The molecule has 1 aromatic carbocycles. The molecule has 0 radical (unpaired) electrons. The zero-order valence-corrected chi connectivity index (χ0v) is 11.8. The lowest BCUT2D eigenvalue weighted by Crippen LogP contribution is -1.99. The van der Waals surface area contributed by atoms with Crippen LogP contribution in [-0.2, 0) is 6.54 Å². The van der Waals surface area contributed by atoms with Gasteiger partial charge >= 0.3 is 0 Å². The second kappa shape index (κ2) is 5.34. The van der Waals surface area contributed by atoms with Crippen molar-refractivity contribution in [2.75, 3.05) is 0 Å². The summed E-state index contributed by atoms with van der Waals surface area (Å²) in [5, 5.41) is 1.17. The summed E-state index contributed by atoms with van der Waals surface area (Å²) in [6.07, 6.45) is 0. The number of thiazole rings is 1. The van der Waals surface area contributed by atoms with E-state index in [1.54, 1.807) is 6.07 Å². The summed E-state index contributed by atoms with van der Waals surface area (Å²) in [5.74, 6) is -0.0313. The van der Waals surface area contributed by atoms with Crippen molar-refractivity contribution >= 4 is 22.9 Å². The monoisotopic (exact) mass is 284 g/mol. The summed E-state index contributed by atoms with van der Waals surface area (Å²) < 4.78 is 13.0. The normalized spacial score (nSPS) is 11.2. The summed E-state index contributed by atoms with van der Waals surface area (Å²) in [7, 11) is 0. The van der Waals surface area contributed by atoms with Crippen molar-refractivity contribution in [2.45, 2.75) is 26.3 Å². The van der Waals surface area contributed by atoms with Crippen LogP contribution >= 0.6 is 22.9 Å². The Morgan fingerprint density at radius 1 is 1.44 bits per heavy atom. The van der Waals surface area contributed by atoms with Gasteiger partial charge in [-0.15, -0.1) is 11.3 Å². The van der Waals surface area contributed by atoms with Crippen molar-refractivity contribution in [1.82, 2.24) is 4.98 Å². The molecule has 2 rings (SSSR count). The minimum absolute atomic E-state index is 0.313. The Morgan fingerprint density at radius 2 is 2.17 bits per heavy atom. The number of hydrogen-bond acceptors (Lipinski definition) is 3. The molecule has 0 unspecified atom stereocenters. The third-order valence-corrected chi connectivity index (χ3v) is 4.06. The Hall–Kier alpha value is -0.970. The maximum Gasteiger partial charge on any atom is 0.125 e. The van der Waals surface area contributed by atoms with Crippen LogP contribution in [0, 0.1) is 5.82 Å². The largest absolute Gasteiger partial charge is 0.326 e. The molecule has 18 heavy (non-hydrogen) atoms. The van der Waals surface area contributed by atoms with E-state index in [9.17, 15) is 4.39 Å². The van der Waals surface area contributed by atoms with Gasteiger partial charge in [-0.3, -0.25) is 0 Å². The lowest BCUT2D eigenvalue weighted by molar-refractivity contribution is 0.628. The van der Waals surface area contributed by atoms with Crippen LogP contribution in [0.25, 0.3) is 10.6 Å². The van der Waals surface area contributed by atoms with Crippen molar-refractivity contribution < 1.29 is 4.39 Å². The Kier molecular flexibility index (Phi) is 4.00. The Bertz CT molecular complexity index is 566. The number of aromatic nitrogens is 1. The Labute approximate surface area is 115 Å². The van der Waals surface area contributed by atoms with Crippen LogP contribution in [-0.4, -0.2) is 4.98 Å². The van der Waals surface area contributed by atoms with Gasteiger partial charge in [-0.05, 0) is 24.1 Å². The third kappa shape index (κ3) is 2.55. The highest BCUT2D eigenvalue weighted by Gasteiger charge is 2.16. The van der Waals surface area contributed by atoms with Gasteiger partial charge in [-0.1, -0.05) is 25.4 Å². The molecular formula is C13H14ClFN2S. The van der Waals surface area contributed by atoms with E-state index in [1.165, 1.54) is 23.5 Å². The third-order valence-electron chi connectivity index (χ3n) is 2.62. The highest BCUT2D eigenvalue weighted by Crippen LogP contribution is 2.35. The van der Waals surface area contributed by atoms with Crippen molar-refractivity contribution in [3.63, 3.8) is 0 Å². The molecule has 0 aliphatic rings. The number of rotatable bonds is 3. The van der Waals surface area contributed by atoms with E-state index in [-0.39, 0.29) is 5.82 Å². The van der Waals surface area contributed by atoms with Crippen LogP contribution in [0.5, 0.6) is 0 Å². The summed E-state index contributed by atoms with van der Waals surface area (Å²) >= 11 is 7.56. The fourth-order valence-electron chi connectivity index (χ4n) is 1.74. The minimum atomic E-state index is -0.344. The quantitative estimate of drug-likeness (QED) is 0.918. The standard InChI is InChI=1S/C13H14ClFN2S/c1-7(2)12-11(6-16)18-13(17-12)9-4-3-8(15)5-10(9)14/h3-5,7H,6,16H2,1-2H3. The van der Waals surface area contributed by atoms with Crippen LogP contribution in [0.2, 0.25) is 5.02 Å². The molecule has 0 saturated heterocycles. The average Bonchev–Trinajstić information content (AvgIpc) is 2.73. The van der Waals surface area contributed by atoms with Crippen molar-refractivity contribution in [2.24, 2.45) is 5.73 Å². The first-order valence-electron chi connectivity index (χ1n) is 5.68. The van der Waals surface area contributed by atoms with Gasteiger partial charge in [0, 0.05) is 17.0 Å².